The summed E-state index contributed by atoms with van der Waals surface area (Å²) in [6, 6.07) is 10.4. The van der Waals surface area contributed by atoms with E-state index >= 15 is 0 Å². The molecule has 1 heterocycles. The second kappa shape index (κ2) is 6.90. The predicted molar refractivity (Wildman–Crippen MR) is 81.1 cm³/mol. The normalized spacial score (nSPS) is 10.2. The first-order valence-corrected chi connectivity index (χ1v) is 6.65. The maximum atomic E-state index is 10.9. The van der Waals surface area contributed by atoms with E-state index in [1.165, 1.54) is 12.1 Å². The molecule has 0 aliphatic carbocycles. The topological polar surface area (TPSA) is 77.3 Å². The summed E-state index contributed by atoms with van der Waals surface area (Å²) in [6.07, 6.45) is 0.704. The molecule has 1 aromatic heterocycles. The van der Waals surface area contributed by atoms with Gasteiger partial charge in [-0.05, 0) is 30.2 Å². The average Bonchev–Trinajstić information content (AvgIpc) is 2.48. The molecule has 0 aliphatic rings. The highest BCUT2D eigenvalue weighted by Crippen LogP contribution is 2.23. The van der Waals surface area contributed by atoms with Gasteiger partial charge in [0, 0.05) is 12.6 Å². The number of hydrogen-bond donors (Lipinski definition) is 1. The van der Waals surface area contributed by atoms with Crippen LogP contribution in [0.5, 0.6) is 5.75 Å². The molecule has 0 radical (unpaired) electrons. The number of nitrogens with zero attached hydrogens (tertiary/aromatic N) is 2. The van der Waals surface area contributed by atoms with Crippen LogP contribution in [0.15, 0.2) is 36.4 Å². The SMILES string of the molecule is COc1ccc(CCNc2nc(Cl)ccc2[N+](=O)[O-])cc1. The van der Waals surface area contributed by atoms with E-state index in [1.807, 2.05) is 24.3 Å². The Bertz CT molecular complexity index is 632. The van der Waals surface area contributed by atoms with Gasteiger partial charge in [-0.3, -0.25) is 10.1 Å². The number of ether oxygens (including phenoxy) is 1. The molecule has 7 heteroatoms. The number of rotatable bonds is 6. The lowest BCUT2D eigenvalue weighted by Gasteiger charge is -2.07. The number of nitrogens with one attached hydrogen (secondary N) is 1. The fraction of sp³-hybridized carbons (Fsp3) is 0.214. The van der Waals surface area contributed by atoms with E-state index in [1.54, 1.807) is 7.11 Å². The van der Waals surface area contributed by atoms with Crippen molar-refractivity contribution in [3.8, 4) is 5.75 Å². The van der Waals surface area contributed by atoms with Crippen molar-refractivity contribution in [2.75, 3.05) is 19.0 Å². The van der Waals surface area contributed by atoms with Crippen molar-refractivity contribution in [2.45, 2.75) is 6.42 Å². The first-order valence-electron chi connectivity index (χ1n) is 6.28. The van der Waals surface area contributed by atoms with Gasteiger partial charge in [-0.2, -0.15) is 0 Å². The Morgan fingerprint density at radius 1 is 1.29 bits per heavy atom. The number of hydrogen-bond acceptors (Lipinski definition) is 5. The summed E-state index contributed by atoms with van der Waals surface area (Å²) in [5.41, 5.74) is 1.00. The molecule has 0 fully saturated rings. The Kier molecular flexibility index (Phi) is 4.94. The molecule has 0 spiro atoms. The Morgan fingerprint density at radius 2 is 2.00 bits per heavy atom. The fourth-order valence-corrected chi connectivity index (χ4v) is 1.97. The lowest BCUT2D eigenvalue weighted by atomic mass is 10.1. The van der Waals surface area contributed by atoms with E-state index in [4.69, 9.17) is 16.3 Å². The van der Waals surface area contributed by atoms with Crippen LogP contribution in [0.2, 0.25) is 5.15 Å². The molecular formula is C14H14ClN3O3. The molecule has 0 bridgehead atoms. The second-order valence-electron chi connectivity index (χ2n) is 4.28. The third-order valence-corrected chi connectivity index (χ3v) is 3.11. The minimum absolute atomic E-state index is 0.0888. The third kappa shape index (κ3) is 4.06. The number of anilines is 1. The number of nitro groups is 1. The molecule has 0 unspecified atom stereocenters. The molecule has 0 atom stereocenters. The molecular weight excluding hydrogens is 294 g/mol. The van der Waals surface area contributed by atoms with E-state index in [-0.39, 0.29) is 16.7 Å². The standard InChI is InChI=1S/C14H14ClN3O3/c1-21-11-4-2-10(3-5-11)8-9-16-14-12(18(19)20)6-7-13(15)17-14/h2-7H,8-9H2,1H3,(H,16,17). The van der Waals surface area contributed by atoms with Gasteiger partial charge in [-0.1, -0.05) is 23.7 Å². The minimum atomic E-state index is -0.487. The number of aromatic nitrogens is 1. The van der Waals surface area contributed by atoms with Crippen LogP contribution in [-0.2, 0) is 6.42 Å². The number of methoxy groups -OCH3 is 1. The van der Waals surface area contributed by atoms with Gasteiger partial charge in [0.15, 0.2) is 0 Å². The average molecular weight is 308 g/mol. The summed E-state index contributed by atoms with van der Waals surface area (Å²) in [4.78, 5) is 14.4. The van der Waals surface area contributed by atoms with Gasteiger partial charge < -0.3 is 10.1 Å². The van der Waals surface area contributed by atoms with E-state index in [0.29, 0.717) is 13.0 Å². The summed E-state index contributed by atoms with van der Waals surface area (Å²) < 4.78 is 5.08. The molecule has 110 valence electrons. The summed E-state index contributed by atoms with van der Waals surface area (Å²) in [7, 11) is 1.61. The van der Waals surface area contributed by atoms with Crippen LogP contribution >= 0.6 is 11.6 Å². The van der Waals surface area contributed by atoms with Gasteiger partial charge in [0.05, 0.1) is 12.0 Å². The van der Waals surface area contributed by atoms with Gasteiger partial charge >= 0.3 is 5.69 Å². The van der Waals surface area contributed by atoms with Crippen molar-refractivity contribution in [2.24, 2.45) is 0 Å². The Hall–Kier alpha value is -2.34. The maximum Gasteiger partial charge on any atom is 0.311 e. The molecule has 0 saturated carbocycles. The molecule has 1 aromatic carbocycles. The molecule has 0 amide bonds. The van der Waals surface area contributed by atoms with Crippen LogP contribution in [0.3, 0.4) is 0 Å². The monoisotopic (exact) mass is 307 g/mol. The Labute approximate surface area is 126 Å². The van der Waals surface area contributed by atoms with E-state index in [0.717, 1.165) is 11.3 Å². The van der Waals surface area contributed by atoms with Crippen molar-refractivity contribution in [3.63, 3.8) is 0 Å². The van der Waals surface area contributed by atoms with Crippen LogP contribution in [0.4, 0.5) is 11.5 Å². The van der Waals surface area contributed by atoms with Gasteiger partial charge in [0.2, 0.25) is 5.82 Å². The summed E-state index contributed by atoms with van der Waals surface area (Å²) in [5.74, 6) is 0.972. The maximum absolute atomic E-state index is 10.9. The zero-order valence-corrected chi connectivity index (χ0v) is 12.1. The number of halogens is 1. The number of pyridine rings is 1. The van der Waals surface area contributed by atoms with E-state index < -0.39 is 4.92 Å². The lowest BCUT2D eigenvalue weighted by Crippen LogP contribution is -2.08. The largest absolute Gasteiger partial charge is 0.497 e. The highest BCUT2D eigenvalue weighted by Gasteiger charge is 2.15. The van der Waals surface area contributed by atoms with Crippen LogP contribution in [0.25, 0.3) is 0 Å². The molecule has 21 heavy (non-hydrogen) atoms. The van der Waals surface area contributed by atoms with E-state index in [2.05, 4.69) is 10.3 Å². The minimum Gasteiger partial charge on any atom is -0.497 e. The van der Waals surface area contributed by atoms with Crippen LogP contribution in [0.1, 0.15) is 5.56 Å². The van der Waals surface area contributed by atoms with Crippen molar-refractivity contribution < 1.29 is 9.66 Å². The van der Waals surface area contributed by atoms with Gasteiger partial charge in [-0.25, -0.2) is 4.98 Å². The highest BCUT2D eigenvalue weighted by molar-refractivity contribution is 6.29. The van der Waals surface area contributed by atoms with E-state index in [9.17, 15) is 10.1 Å². The van der Waals surface area contributed by atoms with Crippen LogP contribution in [0, 0.1) is 10.1 Å². The Balaban J connectivity index is 1.99. The molecule has 0 saturated heterocycles. The van der Waals surface area contributed by atoms with Gasteiger partial charge in [-0.15, -0.1) is 0 Å². The summed E-state index contributed by atoms with van der Waals surface area (Å²) >= 11 is 5.76. The fourth-order valence-electron chi connectivity index (χ4n) is 1.82. The van der Waals surface area contributed by atoms with Crippen LogP contribution in [-0.4, -0.2) is 23.6 Å². The van der Waals surface area contributed by atoms with Gasteiger partial charge in [0.25, 0.3) is 0 Å². The molecule has 1 N–H and O–H groups in total. The zero-order valence-electron chi connectivity index (χ0n) is 11.4. The van der Waals surface area contributed by atoms with Crippen molar-refractivity contribution in [1.82, 2.24) is 4.98 Å². The molecule has 2 rings (SSSR count). The molecule has 6 nitrogen and oxygen atoms in total. The molecule has 2 aromatic rings. The molecule has 0 aliphatic heterocycles. The quantitative estimate of drug-likeness (QED) is 0.503. The highest BCUT2D eigenvalue weighted by atomic mass is 35.5. The summed E-state index contributed by atoms with van der Waals surface area (Å²) in [5, 5.41) is 14.1. The zero-order chi connectivity index (χ0) is 15.2. The summed E-state index contributed by atoms with van der Waals surface area (Å²) in [6.45, 7) is 0.514. The van der Waals surface area contributed by atoms with Gasteiger partial charge in [0.1, 0.15) is 10.9 Å². The Morgan fingerprint density at radius 3 is 2.62 bits per heavy atom. The van der Waals surface area contributed by atoms with Crippen molar-refractivity contribution >= 4 is 23.1 Å². The third-order valence-electron chi connectivity index (χ3n) is 2.90. The second-order valence-corrected chi connectivity index (χ2v) is 4.67. The predicted octanol–water partition coefficient (Wildman–Crippen LogP) is 3.31. The van der Waals surface area contributed by atoms with Crippen molar-refractivity contribution in [1.29, 1.82) is 0 Å². The number of benzene rings is 1. The first kappa shape index (κ1) is 15.1. The first-order chi connectivity index (χ1) is 10.1. The van der Waals surface area contributed by atoms with Crippen molar-refractivity contribution in [3.05, 3.63) is 57.2 Å². The van der Waals surface area contributed by atoms with Crippen LogP contribution < -0.4 is 10.1 Å². The smallest absolute Gasteiger partial charge is 0.311 e. The lowest BCUT2D eigenvalue weighted by molar-refractivity contribution is -0.384.